The Bertz CT molecular complexity index is 2710. The number of fused-ring (bicyclic) bond motifs is 8. The molecule has 0 fully saturated rings. The Labute approximate surface area is 276 Å². The third kappa shape index (κ3) is 4.24. The molecule has 0 N–H and O–H groups in total. The van der Waals surface area contributed by atoms with E-state index >= 15 is 0 Å². The van der Waals surface area contributed by atoms with Crippen LogP contribution in [0.2, 0.25) is 0 Å². The molecular weight excluding hydrogens is 585 g/mol. The fraction of sp³-hybridized carbons (Fsp3) is 0. The topological polar surface area (TPSA) is 51.6 Å². The summed E-state index contributed by atoms with van der Waals surface area (Å²) >= 11 is 0. The zero-order valence-electron chi connectivity index (χ0n) is 25.8. The first-order chi connectivity index (χ1) is 23.8. The Morgan fingerprint density at radius 3 is 1.58 bits per heavy atom. The van der Waals surface area contributed by atoms with Gasteiger partial charge in [0, 0.05) is 45.1 Å². The van der Waals surface area contributed by atoms with Crippen molar-refractivity contribution < 1.29 is 0 Å². The Hall–Kier alpha value is -6.52. The summed E-state index contributed by atoms with van der Waals surface area (Å²) < 4.78 is 0. The van der Waals surface area contributed by atoms with Crippen LogP contribution in [-0.4, -0.2) is 19.9 Å². The third-order valence-corrected chi connectivity index (χ3v) is 9.50. The molecule has 10 rings (SSSR count). The van der Waals surface area contributed by atoms with E-state index in [0.717, 1.165) is 77.3 Å². The van der Waals surface area contributed by atoms with E-state index in [1.54, 1.807) is 0 Å². The Kier molecular flexibility index (Phi) is 5.84. The van der Waals surface area contributed by atoms with Gasteiger partial charge in [-0.3, -0.25) is 9.97 Å². The fourth-order valence-corrected chi connectivity index (χ4v) is 7.15. The highest BCUT2D eigenvalue weighted by Crippen LogP contribution is 2.36. The van der Waals surface area contributed by atoms with Crippen molar-refractivity contribution in [2.45, 2.75) is 0 Å². The lowest BCUT2D eigenvalue weighted by Gasteiger charge is -2.12. The lowest BCUT2D eigenvalue weighted by molar-refractivity contribution is 1.36. The van der Waals surface area contributed by atoms with Crippen molar-refractivity contribution in [2.24, 2.45) is 0 Å². The summed E-state index contributed by atoms with van der Waals surface area (Å²) in [5.41, 5.74) is 9.99. The lowest BCUT2D eigenvalue weighted by atomic mass is 9.95. The lowest BCUT2D eigenvalue weighted by Crippen LogP contribution is -1.91. The van der Waals surface area contributed by atoms with Gasteiger partial charge in [-0.1, -0.05) is 97.1 Å². The summed E-state index contributed by atoms with van der Waals surface area (Å²) in [6.45, 7) is 0. The molecule has 0 amide bonds. The van der Waals surface area contributed by atoms with Crippen LogP contribution in [0.1, 0.15) is 0 Å². The van der Waals surface area contributed by atoms with Gasteiger partial charge in [-0.05, 0) is 81.2 Å². The normalized spacial score (nSPS) is 11.8. The van der Waals surface area contributed by atoms with Crippen molar-refractivity contribution in [1.29, 1.82) is 0 Å². The summed E-state index contributed by atoms with van der Waals surface area (Å²) in [6, 6.07) is 51.4. The Balaban J connectivity index is 1.09. The van der Waals surface area contributed by atoms with Crippen molar-refractivity contribution >= 4 is 65.2 Å². The van der Waals surface area contributed by atoms with Crippen LogP contribution in [-0.2, 0) is 0 Å². The number of rotatable bonds is 3. The van der Waals surface area contributed by atoms with E-state index < -0.39 is 0 Å². The van der Waals surface area contributed by atoms with Crippen LogP contribution in [0.25, 0.3) is 98.8 Å². The largest absolute Gasteiger partial charge is 0.254 e. The van der Waals surface area contributed by atoms with E-state index in [-0.39, 0.29) is 0 Å². The third-order valence-electron chi connectivity index (χ3n) is 9.50. The maximum atomic E-state index is 5.23. The number of benzene rings is 6. The van der Waals surface area contributed by atoms with Gasteiger partial charge in [0.25, 0.3) is 0 Å². The number of aromatic nitrogens is 4. The predicted octanol–water partition coefficient (Wildman–Crippen LogP) is 11.2. The molecule has 0 atom stereocenters. The van der Waals surface area contributed by atoms with Gasteiger partial charge < -0.3 is 0 Å². The van der Waals surface area contributed by atoms with E-state index in [9.17, 15) is 0 Å². The van der Waals surface area contributed by atoms with E-state index in [1.165, 1.54) is 21.5 Å². The molecule has 0 saturated carbocycles. The molecule has 0 saturated heterocycles. The molecule has 222 valence electrons. The molecule has 0 aliphatic heterocycles. The zero-order chi connectivity index (χ0) is 31.6. The van der Waals surface area contributed by atoms with Crippen LogP contribution >= 0.6 is 0 Å². The molecule has 0 unspecified atom stereocenters. The van der Waals surface area contributed by atoms with Crippen molar-refractivity contribution in [3.05, 3.63) is 158 Å². The number of hydrogen-bond donors (Lipinski definition) is 0. The average Bonchev–Trinajstić information content (AvgIpc) is 3.16. The Morgan fingerprint density at radius 2 is 0.854 bits per heavy atom. The second-order valence-electron chi connectivity index (χ2n) is 12.3. The zero-order valence-corrected chi connectivity index (χ0v) is 25.8. The minimum absolute atomic E-state index is 0.890. The van der Waals surface area contributed by atoms with E-state index in [0.29, 0.717) is 0 Å². The highest BCUT2D eigenvalue weighted by molar-refractivity contribution is 6.14. The first-order valence-electron chi connectivity index (χ1n) is 16.1. The van der Waals surface area contributed by atoms with E-state index in [1.807, 2.05) is 24.5 Å². The highest BCUT2D eigenvalue weighted by atomic mass is 14.7. The van der Waals surface area contributed by atoms with Crippen LogP contribution in [0.5, 0.6) is 0 Å². The van der Waals surface area contributed by atoms with Gasteiger partial charge in [-0.25, -0.2) is 9.97 Å². The Morgan fingerprint density at radius 1 is 0.333 bits per heavy atom. The monoisotopic (exact) mass is 610 g/mol. The van der Waals surface area contributed by atoms with Gasteiger partial charge in [0.1, 0.15) is 0 Å². The van der Waals surface area contributed by atoms with Crippen LogP contribution in [0.3, 0.4) is 0 Å². The summed E-state index contributed by atoms with van der Waals surface area (Å²) in [5, 5.41) is 9.23. The molecular formula is C44H26N4. The summed E-state index contributed by atoms with van der Waals surface area (Å²) in [5.74, 6) is 0. The molecule has 0 radical (unpaired) electrons. The molecule has 6 aromatic carbocycles. The quantitative estimate of drug-likeness (QED) is 0.187. The maximum absolute atomic E-state index is 5.23. The number of hydrogen-bond acceptors (Lipinski definition) is 4. The molecule has 0 aliphatic carbocycles. The summed E-state index contributed by atoms with van der Waals surface area (Å²) in [6.07, 6.45) is 3.65. The smallest absolute Gasteiger partial charge is 0.0971 e. The fourth-order valence-electron chi connectivity index (χ4n) is 7.15. The molecule has 0 bridgehead atoms. The van der Waals surface area contributed by atoms with Crippen molar-refractivity contribution in [1.82, 2.24) is 19.9 Å². The van der Waals surface area contributed by atoms with E-state index in [4.69, 9.17) is 15.0 Å². The highest BCUT2D eigenvalue weighted by Gasteiger charge is 2.13. The van der Waals surface area contributed by atoms with Crippen molar-refractivity contribution in [3.8, 4) is 33.6 Å². The van der Waals surface area contributed by atoms with Gasteiger partial charge in [-0.2, -0.15) is 0 Å². The van der Waals surface area contributed by atoms with E-state index in [2.05, 4.69) is 138 Å². The van der Waals surface area contributed by atoms with Crippen molar-refractivity contribution in [2.75, 3.05) is 0 Å². The first kappa shape index (κ1) is 26.7. The molecule has 0 spiro atoms. The van der Waals surface area contributed by atoms with Crippen LogP contribution in [0, 0.1) is 0 Å². The molecule has 4 aromatic heterocycles. The SMILES string of the molecule is c1ccc2c(c1)cc(-c1ccc3ccc(-c4ccc5ccc(-c6cc7cccnc7c7ncccc67)nc5c4)cc3n1)c1ccccc12. The molecule has 10 aromatic rings. The van der Waals surface area contributed by atoms with Gasteiger partial charge in [0.05, 0.1) is 33.5 Å². The molecule has 4 nitrogen and oxygen atoms in total. The number of nitrogens with zero attached hydrogens (tertiary/aromatic N) is 4. The molecule has 48 heavy (non-hydrogen) atoms. The number of pyridine rings is 4. The van der Waals surface area contributed by atoms with Gasteiger partial charge in [0.15, 0.2) is 0 Å². The summed E-state index contributed by atoms with van der Waals surface area (Å²) in [7, 11) is 0. The standard InChI is InChI=1S/C44H26N4/c1-2-9-33-31(7-1)23-37(35-11-4-3-10-34(33)35)39-19-17-27-13-15-29(25-41(27)47-39)30-16-14-28-18-20-40(48-42(28)26-30)38-24-32-8-5-21-45-43(32)44-36(38)12-6-22-46-44/h1-26H. The minimum atomic E-state index is 0.890. The molecule has 0 aliphatic rings. The van der Waals surface area contributed by atoms with Crippen molar-refractivity contribution in [3.63, 3.8) is 0 Å². The molecule has 4 heteroatoms. The molecule has 4 heterocycles. The van der Waals surface area contributed by atoms with Crippen LogP contribution in [0.15, 0.2) is 158 Å². The van der Waals surface area contributed by atoms with Gasteiger partial charge in [-0.15, -0.1) is 0 Å². The maximum Gasteiger partial charge on any atom is 0.0971 e. The van der Waals surface area contributed by atoms with Crippen LogP contribution < -0.4 is 0 Å². The van der Waals surface area contributed by atoms with Gasteiger partial charge >= 0.3 is 0 Å². The average molecular weight is 611 g/mol. The first-order valence-corrected chi connectivity index (χ1v) is 16.1. The van der Waals surface area contributed by atoms with Crippen LogP contribution in [0.4, 0.5) is 0 Å². The summed E-state index contributed by atoms with van der Waals surface area (Å²) in [4.78, 5) is 19.7. The minimum Gasteiger partial charge on any atom is -0.254 e. The second-order valence-corrected chi connectivity index (χ2v) is 12.3. The van der Waals surface area contributed by atoms with Gasteiger partial charge in [0.2, 0.25) is 0 Å². The predicted molar refractivity (Wildman–Crippen MR) is 199 cm³/mol. The second kappa shape index (κ2) is 10.5.